The molecule has 39 heavy (non-hydrogen) atoms. The standard InChI is InChI=1S/C15H18N2O6.C12H18N2O2/c1-5-10(4)12-7-11(16(19)20)8-13(17(21)22)15(12)23-14(18)6-9(2)3;1-8-6-10(16-12(15)13-3)7-9(2)11(8)14(4)5/h6-8,10H,5H2,1-4H3;6-7H,1-5H3,(H,13,15). The minimum atomic E-state index is -0.788. The van der Waals surface area contributed by atoms with Gasteiger partial charge in [0.05, 0.1) is 15.9 Å². The van der Waals surface area contributed by atoms with Crippen molar-refractivity contribution in [2.45, 2.75) is 53.9 Å². The monoisotopic (exact) mass is 544 g/mol. The number of ether oxygens (including phenoxy) is 2. The highest BCUT2D eigenvalue weighted by atomic mass is 16.6. The van der Waals surface area contributed by atoms with Crippen molar-refractivity contribution in [1.82, 2.24) is 5.32 Å². The van der Waals surface area contributed by atoms with E-state index in [4.69, 9.17) is 9.47 Å². The normalized spacial score (nSPS) is 10.8. The summed E-state index contributed by atoms with van der Waals surface area (Å²) in [6.07, 6.45) is 1.33. The van der Waals surface area contributed by atoms with Crippen molar-refractivity contribution in [3.8, 4) is 11.5 Å². The fourth-order valence-corrected chi connectivity index (χ4v) is 3.76. The maximum atomic E-state index is 11.8. The van der Waals surface area contributed by atoms with Gasteiger partial charge in [0.25, 0.3) is 5.69 Å². The zero-order valence-corrected chi connectivity index (χ0v) is 23.8. The van der Waals surface area contributed by atoms with Crippen molar-refractivity contribution in [1.29, 1.82) is 0 Å². The van der Waals surface area contributed by atoms with Crippen molar-refractivity contribution < 1.29 is 28.9 Å². The van der Waals surface area contributed by atoms with Gasteiger partial charge in [0.15, 0.2) is 0 Å². The van der Waals surface area contributed by atoms with Crippen LogP contribution in [0.3, 0.4) is 0 Å². The number of hydrogen-bond donors (Lipinski definition) is 1. The number of aryl methyl sites for hydroxylation is 2. The number of nitrogens with zero attached hydrogens (tertiary/aromatic N) is 3. The van der Waals surface area contributed by atoms with Gasteiger partial charge in [-0.1, -0.05) is 19.4 Å². The number of anilines is 1. The molecule has 0 heterocycles. The Morgan fingerprint density at radius 2 is 1.59 bits per heavy atom. The van der Waals surface area contributed by atoms with Crippen LogP contribution < -0.4 is 19.7 Å². The molecule has 0 bridgehead atoms. The van der Waals surface area contributed by atoms with E-state index in [0.717, 1.165) is 22.9 Å². The Bertz CT molecular complexity index is 1240. The smallest absolute Gasteiger partial charge is 0.412 e. The van der Waals surface area contributed by atoms with Crippen LogP contribution in [-0.4, -0.2) is 43.1 Å². The zero-order chi connectivity index (χ0) is 30.0. The molecule has 212 valence electrons. The maximum absolute atomic E-state index is 11.8. The first kappa shape index (κ1) is 32.5. The van der Waals surface area contributed by atoms with Crippen molar-refractivity contribution >= 4 is 29.1 Å². The number of rotatable bonds is 8. The number of allylic oxidation sites excluding steroid dienone is 1. The number of esters is 1. The third kappa shape index (κ3) is 9.40. The molecule has 0 aliphatic rings. The molecule has 0 aliphatic heterocycles. The third-order valence-corrected chi connectivity index (χ3v) is 5.57. The molecule has 0 fully saturated rings. The van der Waals surface area contributed by atoms with Gasteiger partial charge in [0.1, 0.15) is 5.75 Å². The molecule has 0 saturated heterocycles. The minimum absolute atomic E-state index is 0.238. The second-order valence-electron chi connectivity index (χ2n) is 9.29. The summed E-state index contributed by atoms with van der Waals surface area (Å²) in [6.45, 7) is 10.9. The van der Waals surface area contributed by atoms with Crippen LogP contribution >= 0.6 is 0 Å². The number of hydrogen-bond acceptors (Lipinski definition) is 9. The summed E-state index contributed by atoms with van der Waals surface area (Å²) < 4.78 is 10.2. The molecular weight excluding hydrogens is 508 g/mol. The van der Waals surface area contributed by atoms with Crippen molar-refractivity contribution in [2.24, 2.45) is 0 Å². The summed E-state index contributed by atoms with van der Waals surface area (Å²) >= 11 is 0. The quantitative estimate of drug-likeness (QED) is 0.139. The second-order valence-corrected chi connectivity index (χ2v) is 9.29. The van der Waals surface area contributed by atoms with Gasteiger partial charge in [-0.25, -0.2) is 9.59 Å². The summed E-state index contributed by atoms with van der Waals surface area (Å²) in [7, 11) is 5.53. The van der Waals surface area contributed by atoms with Crippen LogP contribution in [0.1, 0.15) is 56.7 Å². The third-order valence-electron chi connectivity index (χ3n) is 5.57. The number of benzene rings is 2. The molecule has 2 aromatic carbocycles. The Balaban J connectivity index is 0.000000416. The zero-order valence-electron chi connectivity index (χ0n) is 23.8. The fourth-order valence-electron chi connectivity index (χ4n) is 3.76. The number of nitro groups is 2. The molecule has 0 spiro atoms. The molecule has 0 saturated carbocycles. The number of carbonyl (C=O) groups is 2. The van der Waals surface area contributed by atoms with E-state index in [1.54, 1.807) is 20.8 Å². The number of nitro benzene ring substituents is 2. The molecule has 1 atom stereocenters. The second kappa shape index (κ2) is 14.5. The Kier molecular flexibility index (Phi) is 12.1. The highest BCUT2D eigenvalue weighted by Gasteiger charge is 2.28. The molecule has 0 radical (unpaired) electrons. The van der Waals surface area contributed by atoms with Gasteiger partial charge in [-0.15, -0.1) is 0 Å². The van der Waals surface area contributed by atoms with E-state index in [2.05, 4.69) is 5.32 Å². The first-order chi connectivity index (χ1) is 18.1. The number of carbonyl (C=O) groups excluding carboxylic acids is 2. The summed E-state index contributed by atoms with van der Waals surface area (Å²) in [5.41, 5.74) is 3.27. The van der Waals surface area contributed by atoms with Gasteiger partial charge in [0, 0.05) is 44.5 Å². The Labute approximate surface area is 227 Å². The van der Waals surface area contributed by atoms with E-state index >= 15 is 0 Å². The van der Waals surface area contributed by atoms with Gasteiger partial charge in [-0.2, -0.15) is 0 Å². The van der Waals surface area contributed by atoms with Crippen LogP contribution in [0.4, 0.5) is 21.9 Å². The van der Waals surface area contributed by atoms with Gasteiger partial charge >= 0.3 is 17.7 Å². The van der Waals surface area contributed by atoms with Crippen LogP contribution in [0.5, 0.6) is 11.5 Å². The molecule has 0 aromatic heterocycles. The predicted molar refractivity (Wildman–Crippen MR) is 149 cm³/mol. The summed E-state index contributed by atoms with van der Waals surface area (Å²) in [4.78, 5) is 45.7. The number of amides is 1. The summed E-state index contributed by atoms with van der Waals surface area (Å²) in [5.74, 6) is -0.674. The molecule has 1 unspecified atom stereocenters. The van der Waals surface area contributed by atoms with E-state index in [1.807, 2.05) is 51.9 Å². The molecule has 2 aromatic rings. The largest absolute Gasteiger partial charge is 0.416 e. The van der Waals surface area contributed by atoms with Crippen LogP contribution in [0.25, 0.3) is 0 Å². The van der Waals surface area contributed by atoms with Gasteiger partial charge in [-0.05, 0) is 63.3 Å². The fraction of sp³-hybridized carbons (Fsp3) is 0.407. The van der Waals surface area contributed by atoms with E-state index in [9.17, 15) is 29.8 Å². The van der Waals surface area contributed by atoms with Crippen LogP contribution in [0.2, 0.25) is 0 Å². The van der Waals surface area contributed by atoms with Crippen molar-refractivity contribution in [3.63, 3.8) is 0 Å². The van der Waals surface area contributed by atoms with Crippen LogP contribution in [-0.2, 0) is 4.79 Å². The highest BCUT2D eigenvalue weighted by Crippen LogP contribution is 2.40. The lowest BCUT2D eigenvalue weighted by atomic mass is 9.96. The topological polar surface area (TPSA) is 154 Å². The molecule has 12 nitrogen and oxygen atoms in total. The maximum Gasteiger partial charge on any atom is 0.412 e. The summed E-state index contributed by atoms with van der Waals surface area (Å²) in [6, 6.07) is 5.73. The van der Waals surface area contributed by atoms with Gasteiger partial charge < -0.3 is 19.7 Å². The average molecular weight is 545 g/mol. The molecular formula is C27H36N4O8. The van der Waals surface area contributed by atoms with Gasteiger partial charge in [0.2, 0.25) is 5.75 Å². The van der Waals surface area contributed by atoms with E-state index in [-0.39, 0.29) is 17.2 Å². The lowest BCUT2D eigenvalue weighted by molar-refractivity contribution is -0.394. The first-order valence-electron chi connectivity index (χ1n) is 12.1. The molecule has 2 rings (SSSR count). The molecule has 1 N–H and O–H groups in total. The Hall–Kier alpha value is -4.48. The SMILES string of the molecule is CCC(C)c1cc([N+](=O)[O-])cc([N+](=O)[O-])c1OC(=O)C=C(C)C.CNC(=O)Oc1cc(C)c(N(C)C)c(C)c1. The van der Waals surface area contributed by atoms with Crippen LogP contribution in [0.15, 0.2) is 35.9 Å². The van der Waals surface area contributed by atoms with Crippen LogP contribution in [0, 0.1) is 34.1 Å². The average Bonchev–Trinajstić information content (AvgIpc) is 2.82. The molecule has 1 amide bonds. The highest BCUT2D eigenvalue weighted by molar-refractivity contribution is 5.86. The predicted octanol–water partition coefficient (Wildman–Crippen LogP) is 5.98. The molecule has 0 aliphatic carbocycles. The van der Waals surface area contributed by atoms with Crippen molar-refractivity contribution in [2.75, 3.05) is 26.0 Å². The number of non-ortho nitro benzene ring substituents is 1. The Morgan fingerprint density at radius 3 is 2.00 bits per heavy atom. The Morgan fingerprint density at radius 1 is 1.03 bits per heavy atom. The van der Waals surface area contributed by atoms with E-state index < -0.39 is 33.3 Å². The molecule has 12 heteroatoms. The van der Waals surface area contributed by atoms with E-state index in [0.29, 0.717) is 17.7 Å². The van der Waals surface area contributed by atoms with E-state index in [1.165, 1.54) is 19.2 Å². The first-order valence-corrected chi connectivity index (χ1v) is 12.1. The van der Waals surface area contributed by atoms with Crippen molar-refractivity contribution in [3.05, 3.63) is 72.8 Å². The lowest BCUT2D eigenvalue weighted by Crippen LogP contribution is -2.22. The summed E-state index contributed by atoms with van der Waals surface area (Å²) in [5, 5.41) is 24.6. The van der Waals surface area contributed by atoms with Gasteiger partial charge in [-0.3, -0.25) is 20.2 Å². The number of nitrogens with one attached hydrogen (secondary N) is 1. The lowest BCUT2D eigenvalue weighted by Gasteiger charge is -2.19. The minimum Gasteiger partial charge on any atom is -0.416 e.